The van der Waals surface area contributed by atoms with Gasteiger partial charge in [-0.1, -0.05) is 59.5 Å². The Bertz CT molecular complexity index is 1110. The number of allylic oxidation sites excluding steroid dienone is 1. The van der Waals surface area contributed by atoms with Crippen LogP contribution in [0.5, 0.6) is 0 Å². The van der Waals surface area contributed by atoms with Gasteiger partial charge in [-0.2, -0.15) is 21.0 Å². The number of nitriles is 4. The molecule has 202 valence electrons. The molecule has 0 unspecified atom stereocenters. The summed E-state index contributed by atoms with van der Waals surface area (Å²) in [5.74, 6) is 1.28. The molecule has 3 fully saturated rings. The summed E-state index contributed by atoms with van der Waals surface area (Å²) in [5.41, 5.74) is -0.699. The van der Waals surface area contributed by atoms with E-state index in [1.165, 1.54) is 38.5 Å². The first-order valence-electron chi connectivity index (χ1n) is 14.9. The van der Waals surface area contributed by atoms with E-state index in [0.717, 1.165) is 42.6 Å². The molecule has 0 saturated heterocycles. The number of hydrogen-bond donors (Lipinski definition) is 0. The van der Waals surface area contributed by atoms with Gasteiger partial charge in [-0.05, 0) is 97.4 Å². The predicted molar refractivity (Wildman–Crippen MR) is 145 cm³/mol. The van der Waals surface area contributed by atoms with E-state index in [1.807, 2.05) is 24.3 Å². The van der Waals surface area contributed by atoms with E-state index in [0.29, 0.717) is 29.6 Å². The Hall–Kier alpha value is -2.63. The molecule has 4 aliphatic carbocycles. The lowest BCUT2D eigenvalue weighted by Crippen LogP contribution is -2.54. The lowest BCUT2D eigenvalue weighted by atomic mass is 9.44. The Morgan fingerprint density at radius 1 is 0.974 bits per heavy atom. The smallest absolute Gasteiger partial charge is 0.182 e. The zero-order valence-electron chi connectivity index (χ0n) is 24.0. The van der Waals surface area contributed by atoms with Crippen LogP contribution in [0.3, 0.4) is 0 Å². The fourth-order valence-electron chi connectivity index (χ4n) is 9.80. The summed E-state index contributed by atoms with van der Waals surface area (Å²) >= 11 is 0. The minimum Gasteiger partial charge on any atom is -0.294 e. The van der Waals surface area contributed by atoms with Crippen molar-refractivity contribution in [1.29, 1.82) is 21.0 Å². The van der Waals surface area contributed by atoms with Crippen LogP contribution in [0, 0.1) is 109 Å². The van der Waals surface area contributed by atoms with Gasteiger partial charge in [0.1, 0.15) is 0 Å². The van der Waals surface area contributed by atoms with Crippen molar-refractivity contribution in [3.05, 3.63) is 11.6 Å². The summed E-state index contributed by atoms with van der Waals surface area (Å²) in [5, 5.41) is 39.4. The molecule has 4 rings (SSSR count). The van der Waals surface area contributed by atoms with E-state index in [9.17, 15) is 25.8 Å². The molecule has 0 spiro atoms. The quantitative estimate of drug-likeness (QED) is 0.350. The second-order valence-electron chi connectivity index (χ2n) is 14.0. The maximum atomic E-state index is 13.3. The zero-order chi connectivity index (χ0) is 27.9. The summed E-state index contributed by atoms with van der Waals surface area (Å²) < 4.78 is 0. The van der Waals surface area contributed by atoms with Crippen LogP contribution in [0.2, 0.25) is 0 Å². The lowest BCUT2D eigenvalue weighted by molar-refractivity contribution is -0.126. The third kappa shape index (κ3) is 4.28. The molecule has 38 heavy (non-hydrogen) atoms. The van der Waals surface area contributed by atoms with Gasteiger partial charge in [0.05, 0.1) is 30.2 Å². The van der Waals surface area contributed by atoms with Crippen molar-refractivity contribution in [1.82, 2.24) is 0 Å². The highest BCUT2D eigenvalue weighted by Gasteiger charge is 2.62. The van der Waals surface area contributed by atoms with E-state index in [1.54, 1.807) is 6.08 Å². The zero-order valence-corrected chi connectivity index (χ0v) is 24.0. The van der Waals surface area contributed by atoms with E-state index >= 15 is 0 Å². The number of fused-ring (bicyclic) bond motifs is 5. The molecule has 0 heterocycles. The fraction of sp³-hybridized carbons (Fsp3) is 0.788. The van der Waals surface area contributed by atoms with Crippen LogP contribution in [0.15, 0.2) is 11.6 Å². The van der Waals surface area contributed by atoms with Crippen molar-refractivity contribution in [2.45, 2.75) is 98.8 Å². The maximum Gasteiger partial charge on any atom is 0.182 e. The van der Waals surface area contributed by atoms with Crippen molar-refractivity contribution in [3.8, 4) is 24.3 Å². The van der Waals surface area contributed by atoms with Gasteiger partial charge >= 0.3 is 0 Å². The van der Waals surface area contributed by atoms with Crippen molar-refractivity contribution in [2.75, 3.05) is 0 Å². The number of carbonyl (C=O) groups is 1. The largest absolute Gasteiger partial charge is 0.294 e. The summed E-state index contributed by atoms with van der Waals surface area (Å²) in [4.78, 5) is 13.3. The predicted octanol–water partition coefficient (Wildman–Crippen LogP) is 7.52. The normalized spacial score (nSPS) is 37.1. The Labute approximate surface area is 229 Å². The fourth-order valence-corrected chi connectivity index (χ4v) is 9.80. The first-order chi connectivity index (χ1) is 18.0. The number of rotatable bonds is 7. The molecule has 5 nitrogen and oxygen atoms in total. The third-order valence-electron chi connectivity index (χ3n) is 11.9. The first-order valence-corrected chi connectivity index (χ1v) is 14.9. The van der Waals surface area contributed by atoms with Gasteiger partial charge in [-0.3, -0.25) is 4.79 Å². The second-order valence-corrected chi connectivity index (χ2v) is 14.0. The molecular formula is C33H44N4O. The van der Waals surface area contributed by atoms with E-state index in [-0.39, 0.29) is 11.2 Å². The molecule has 0 aromatic carbocycles. The SMILES string of the molecule is CC(C)CCC[C@H](C)[C@@H]1CC[C@@H]2[C@H]3CCC4=CC(=O)[C@@H](C(C#N)(C#N)C(C#N)C#N)C[C@]4(C)[C@@H]3CC[C@]21C. The van der Waals surface area contributed by atoms with Crippen molar-refractivity contribution >= 4 is 5.78 Å². The Morgan fingerprint density at radius 3 is 2.26 bits per heavy atom. The summed E-state index contributed by atoms with van der Waals surface area (Å²) in [6.07, 6.45) is 12.9. The van der Waals surface area contributed by atoms with Crippen LogP contribution >= 0.6 is 0 Å². The maximum absolute atomic E-state index is 13.3. The van der Waals surface area contributed by atoms with Crippen molar-refractivity contribution in [2.24, 2.45) is 63.6 Å². The van der Waals surface area contributed by atoms with Crippen LogP contribution in [-0.4, -0.2) is 5.78 Å². The Kier molecular flexibility index (Phi) is 7.84. The highest BCUT2D eigenvalue weighted by Crippen LogP contribution is 2.68. The summed E-state index contributed by atoms with van der Waals surface area (Å²) in [7, 11) is 0. The molecule has 3 saturated carbocycles. The second kappa shape index (κ2) is 10.5. The Morgan fingerprint density at radius 2 is 1.66 bits per heavy atom. The molecule has 0 N–H and O–H groups in total. The molecule has 0 bridgehead atoms. The number of ketones is 1. The molecule has 5 heteroatoms. The Balaban J connectivity index is 1.61. The lowest BCUT2D eigenvalue weighted by Gasteiger charge is -2.59. The van der Waals surface area contributed by atoms with Gasteiger partial charge in [0.15, 0.2) is 17.1 Å². The molecular weight excluding hydrogens is 468 g/mol. The van der Waals surface area contributed by atoms with Gasteiger partial charge in [0.2, 0.25) is 0 Å². The van der Waals surface area contributed by atoms with Gasteiger partial charge in [-0.25, -0.2) is 0 Å². The van der Waals surface area contributed by atoms with Crippen molar-refractivity contribution < 1.29 is 4.79 Å². The van der Waals surface area contributed by atoms with Gasteiger partial charge in [0.25, 0.3) is 0 Å². The van der Waals surface area contributed by atoms with Gasteiger partial charge in [0, 0.05) is 0 Å². The van der Waals surface area contributed by atoms with Crippen LogP contribution in [0.4, 0.5) is 0 Å². The molecule has 0 aromatic heterocycles. The molecule has 8 atom stereocenters. The average molecular weight is 513 g/mol. The van der Waals surface area contributed by atoms with E-state index in [4.69, 9.17) is 0 Å². The van der Waals surface area contributed by atoms with Crippen LogP contribution in [0.25, 0.3) is 0 Å². The van der Waals surface area contributed by atoms with Gasteiger partial charge < -0.3 is 0 Å². The summed E-state index contributed by atoms with van der Waals surface area (Å²) in [6, 6.07) is 7.65. The molecule has 0 radical (unpaired) electrons. The minimum atomic E-state index is -1.94. The summed E-state index contributed by atoms with van der Waals surface area (Å²) in [6.45, 7) is 11.9. The highest BCUT2D eigenvalue weighted by atomic mass is 16.1. The standard InChI is InChI=1S/C33H44N4O/c1-21(2)7-6-8-22(3)26-11-12-27-25-10-9-23-15-30(38)29(33(19-36,20-37)24(17-34)18-35)16-32(23,5)28(25)13-14-31(26,27)4/h15,21-22,24-29H,6-14,16H2,1-5H3/t22-,25+,26-,27+,28+,29-,31-,32-/m0/s1. The van der Waals surface area contributed by atoms with E-state index < -0.39 is 17.3 Å². The molecule has 0 amide bonds. The molecule has 0 aromatic rings. The molecule has 0 aliphatic heterocycles. The minimum absolute atomic E-state index is 0.258. The topological polar surface area (TPSA) is 112 Å². The molecule has 4 aliphatic rings. The number of carbonyl (C=O) groups excluding carboxylic acids is 1. The average Bonchev–Trinajstić information content (AvgIpc) is 3.24. The van der Waals surface area contributed by atoms with Crippen LogP contribution in [-0.2, 0) is 4.79 Å². The number of nitrogens with zero attached hydrogens (tertiary/aromatic N) is 4. The highest BCUT2D eigenvalue weighted by molar-refractivity contribution is 5.95. The monoisotopic (exact) mass is 512 g/mol. The van der Waals surface area contributed by atoms with Gasteiger partial charge in [-0.15, -0.1) is 0 Å². The number of hydrogen-bond acceptors (Lipinski definition) is 5. The van der Waals surface area contributed by atoms with Crippen molar-refractivity contribution in [3.63, 3.8) is 0 Å². The van der Waals surface area contributed by atoms with Crippen LogP contribution < -0.4 is 0 Å². The van der Waals surface area contributed by atoms with E-state index in [2.05, 4.69) is 34.6 Å². The first kappa shape index (κ1) is 28.4. The third-order valence-corrected chi connectivity index (χ3v) is 11.9. The van der Waals surface area contributed by atoms with Crippen LogP contribution in [0.1, 0.15) is 98.8 Å².